The largest absolute Gasteiger partial charge is 0.335 e. The molecule has 1 atom stereocenters. The number of hydrogen-bond acceptors (Lipinski definition) is 3. The van der Waals surface area contributed by atoms with Gasteiger partial charge in [0.05, 0.1) is 5.69 Å². The first-order chi connectivity index (χ1) is 11.7. The van der Waals surface area contributed by atoms with Gasteiger partial charge in [-0.3, -0.25) is 9.78 Å². The number of likely N-dealkylation sites (tertiary alicyclic amines) is 1. The number of carbonyl (C=O) groups excluding carboxylic acids is 1. The Labute approximate surface area is 141 Å². The zero-order valence-corrected chi connectivity index (χ0v) is 13.6. The lowest BCUT2D eigenvalue weighted by Gasteiger charge is -2.25. The van der Waals surface area contributed by atoms with E-state index in [0.29, 0.717) is 13.0 Å². The lowest BCUT2D eigenvalue weighted by Crippen LogP contribution is -2.34. The molecule has 1 aliphatic heterocycles. The second-order valence-electron chi connectivity index (χ2n) is 6.13. The Balaban J connectivity index is 1.48. The summed E-state index contributed by atoms with van der Waals surface area (Å²) in [6, 6.07) is 12.5. The molecule has 2 aromatic rings. The zero-order valence-electron chi connectivity index (χ0n) is 13.6. The molecule has 0 saturated carbocycles. The molecule has 1 amide bonds. The minimum Gasteiger partial charge on any atom is -0.335 e. The average molecular weight is 327 g/mol. The van der Waals surface area contributed by atoms with Crippen molar-refractivity contribution >= 4 is 5.91 Å². The number of hydrogen-bond donors (Lipinski definition) is 1. The molecule has 0 radical (unpaired) electrons. The van der Waals surface area contributed by atoms with Crippen molar-refractivity contribution in [2.75, 3.05) is 6.54 Å². The summed E-state index contributed by atoms with van der Waals surface area (Å²) in [5, 5.41) is 3.39. The molecule has 1 aromatic carbocycles. The highest BCUT2D eigenvalue weighted by molar-refractivity contribution is 5.78. The van der Waals surface area contributed by atoms with Crippen LogP contribution in [-0.4, -0.2) is 28.4 Å². The SMILES string of the molecule is O=C1CC[C@@H](CCNCc2ccccn2)N1Cc1ccc(F)cc1. The molecule has 0 bridgehead atoms. The van der Waals surface area contributed by atoms with Crippen LogP contribution in [0.25, 0.3) is 0 Å². The molecule has 2 heterocycles. The molecule has 1 fully saturated rings. The molecule has 4 nitrogen and oxygen atoms in total. The van der Waals surface area contributed by atoms with Crippen LogP contribution in [0.3, 0.4) is 0 Å². The number of pyridine rings is 1. The Morgan fingerprint density at radius 1 is 1.21 bits per heavy atom. The van der Waals surface area contributed by atoms with Crippen LogP contribution in [0, 0.1) is 5.82 Å². The fraction of sp³-hybridized carbons (Fsp3) is 0.368. The molecule has 126 valence electrons. The standard InChI is InChI=1S/C19H22FN3O/c20-16-6-4-15(5-7-16)14-23-18(8-9-19(23)24)10-12-21-13-17-3-1-2-11-22-17/h1-7,11,18,21H,8-10,12-14H2/t18-/m0/s1. The van der Waals surface area contributed by atoms with E-state index in [1.165, 1.54) is 12.1 Å². The molecule has 24 heavy (non-hydrogen) atoms. The lowest BCUT2D eigenvalue weighted by atomic mass is 10.1. The Kier molecular flexibility index (Phi) is 5.54. The van der Waals surface area contributed by atoms with E-state index in [0.717, 1.165) is 37.2 Å². The summed E-state index contributed by atoms with van der Waals surface area (Å²) in [6.45, 7) is 2.14. The van der Waals surface area contributed by atoms with Crippen molar-refractivity contribution in [2.24, 2.45) is 0 Å². The summed E-state index contributed by atoms with van der Waals surface area (Å²) < 4.78 is 13.0. The summed E-state index contributed by atoms with van der Waals surface area (Å²) >= 11 is 0. The molecule has 3 rings (SSSR count). The third-order valence-electron chi connectivity index (χ3n) is 4.41. The van der Waals surface area contributed by atoms with Crippen LogP contribution in [0.5, 0.6) is 0 Å². The van der Waals surface area contributed by atoms with E-state index in [-0.39, 0.29) is 17.8 Å². The molecule has 0 spiro atoms. The second-order valence-corrected chi connectivity index (χ2v) is 6.13. The van der Waals surface area contributed by atoms with Gasteiger partial charge >= 0.3 is 0 Å². The van der Waals surface area contributed by atoms with Crippen LogP contribution < -0.4 is 5.32 Å². The number of carbonyl (C=O) groups is 1. The first-order valence-electron chi connectivity index (χ1n) is 8.37. The van der Waals surface area contributed by atoms with Gasteiger partial charge in [0.25, 0.3) is 0 Å². The molecule has 0 aliphatic carbocycles. The quantitative estimate of drug-likeness (QED) is 0.795. The van der Waals surface area contributed by atoms with Crippen molar-refractivity contribution in [2.45, 2.75) is 38.4 Å². The number of benzene rings is 1. The van der Waals surface area contributed by atoms with Gasteiger partial charge in [0.15, 0.2) is 0 Å². The zero-order chi connectivity index (χ0) is 16.8. The minimum absolute atomic E-state index is 0.189. The van der Waals surface area contributed by atoms with Gasteiger partial charge in [0.1, 0.15) is 5.82 Å². The van der Waals surface area contributed by atoms with E-state index in [1.54, 1.807) is 18.3 Å². The normalized spacial score (nSPS) is 17.5. The Hall–Kier alpha value is -2.27. The molecule has 5 heteroatoms. The number of rotatable bonds is 7. The molecule has 1 N–H and O–H groups in total. The van der Waals surface area contributed by atoms with Gasteiger partial charge in [-0.15, -0.1) is 0 Å². The summed E-state index contributed by atoms with van der Waals surface area (Å²) in [5.74, 6) is -0.0594. The fourth-order valence-corrected chi connectivity index (χ4v) is 3.08. The lowest BCUT2D eigenvalue weighted by molar-refractivity contribution is -0.129. The number of aromatic nitrogens is 1. The van der Waals surface area contributed by atoms with Gasteiger partial charge < -0.3 is 10.2 Å². The minimum atomic E-state index is -0.248. The molecule has 0 unspecified atom stereocenters. The third-order valence-corrected chi connectivity index (χ3v) is 4.41. The van der Waals surface area contributed by atoms with Crippen LogP contribution in [0.15, 0.2) is 48.7 Å². The number of halogens is 1. The Morgan fingerprint density at radius 2 is 2.04 bits per heavy atom. The summed E-state index contributed by atoms with van der Waals surface area (Å²) in [5.41, 5.74) is 1.99. The topological polar surface area (TPSA) is 45.2 Å². The van der Waals surface area contributed by atoms with Crippen molar-refractivity contribution in [3.63, 3.8) is 0 Å². The predicted molar refractivity (Wildman–Crippen MR) is 90.5 cm³/mol. The highest BCUT2D eigenvalue weighted by Crippen LogP contribution is 2.23. The van der Waals surface area contributed by atoms with E-state index in [4.69, 9.17) is 0 Å². The summed E-state index contributed by atoms with van der Waals surface area (Å²) in [6.07, 6.45) is 4.20. The third kappa shape index (κ3) is 4.38. The van der Waals surface area contributed by atoms with Crippen LogP contribution in [-0.2, 0) is 17.9 Å². The van der Waals surface area contributed by atoms with Gasteiger partial charge in [-0.1, -0.05) is 18.2 Å². The summed E-state index contributed by atoms with van der Waals surface area (Å²) in [7, 11) is 0. The van der Waals surface area contributed by atoms with Crippen molar-refractivity contribution in [3.05, 3.63) is 65.7 Å². The number of amides is 1. The van der Waals surface area contributed by atoms with E-state index in [9.17, 15) is 9.18 Å². The van der Waals surface area contributed by atoms with Crippen LogP contribution in [0.2, 0.25) is 0 Å². The molecular weight excluding hydrogens is 305 g/mol. The van der Waals surface area contributed by atoms with E-state index in [1.807, 2.05) is 23.1 Å². The predicted octanol–water partition coefficient (Wildman–Crippen LogP) is 2.89. The van der Waals surface area contributed by atoms with Crippen molar-refractivity contribution < 1.29 is 9.18 Å². The van der Waals surface area contributed by atoms with Crippen molar-refractivity contribution in [1.82, 2.24) is 15.2 Å². The van der Waals surface area contributed by atoms with Crippen LogP contribution in [0.4, 0.5) is 4.39 Å². The number of nitrogens with zero attached hydrogens (tertiary/aromatic N) is 2. The van der Waals surface area contributed by atoms with Gasteiger partial charge in [-0.25, -0.2) is 4.39 Å². The average Bonchev–Trinajstić information content (AvgIpc) is 2.95. The smallest absolute Gasteiger partial charge is 0.223 e. The van der Waals surface area contributed by atoms with Crippen LogP contribution in [0.1, 0.15) is 30.5 Å². The highest BCUT2D eigenvalue weighted by Gasteiger charge is 2.30. The maximum Gasteiger partial charge on any atom is 0.223 e. The van der Waals surface area contributed by atoms with E-state index in [2.05, 4.69) is 10.3 Å². The van der Waals surface area contributed by atoms with Gasteiger partial charge in [-0.2, -0.15) is 0 Å². The summed E-state index contributed by atoms with van der Waals surface area (Å²) in [4.78, 5) is 18.3. The maximum atomic E-state index is 13.0. The maximum absolute atomic E-state index is 13.0. The first-order valence-corrected chi connectivity index (χ1v) is 8.37. The highest BCUT2D eigenvalue weighted by atomic mass is 19.1. The molecule has 1 saturated heterocycles. The molecule has 1 aromatic heterocycles. The Bertz CT molecular complexity index is 660. The van der Waals surface area contributed by atoms with Crippen molar-refractivity contribution in [1.29, 1.82) is 0 Å². The van der Waals surface area contributed by atoms with E-state index < -0.39 is 0 Å². The first kappa shape index (κ1) is 16.6. The van der Waals surface area contributed by atoms with Gasteiger partial charge in [0.2, 0.25) is 5.91 Å². The van der Waals surface area contributed by atoms with Crippen molar-refractivity contribution in [3.8, 4) is 0 Å². The fourth-order valence-electron chi connectivity index (χ4n) is 3.08. The Morgan fingerprint density at radius 3 is 2.79 bits per heavy atom. The number of nitrogens with one attached hydrogen (secondary N) is 1. The molecule has 1 aliphatic rings. The monoisotopic (exact) mass is 327 g/mol. The second kappa shape index (κ2) is 8.02. The van der Waals surface area contributed by atoms with Gasteiger partial charge in [0, 0.05) is 31.7 Å². The van der Waals surface area contributed by atoms with Gasteiger partial charge in [-0.05, 0) is 49.2 Å². The molecular formula is C19H22FN3O. The van der Waals surface area contributed by atoms with E-state index >= 15 is 0 Å². The van der Waals surface area contributed by atoms with Crippen LogP contribution >= 0.6 is 0 Å².